The van der Waals surface area contributed by atoms with E-state index in [1.54, 1.807) is 42.5 Å². The van der Waals surface area contributed by atoms with E-state index in [1.165, 1.54) is 18.2 Å². The second-order valence-corrected chi connectivity index (χ2v) is 9.58. The average Bonchev–Trinajstić information content (AvgIpc) is 2.78. The van der Waals surface area contributed by atoms with Crippen LogP contribution in [0.3, 0.4) is 0 Å². The van der Waals surface area contributed by atoms with Crippen LogP contribution in [0.1, 0.15) is 11.1 Å². The molecule has 9 nitrogen and oxygen atoms in total. The fourth-order valence-electron chi connectivity index (χ4n) is 3.41. The summed E-state index contributed by atoms with van der Waals surface area (Å²) >= 11 is 0. The summed E-state index contributed by atoms with van der Waals surface area (Å²) in [6, 6.07) is 16.2. The number of aromatic hydroxyl groups is 1. The van der Waals surface area contributed by atoms with Gasteiger partial charge in [-0.2, -0.15) is 0 Å². The van der Waals surface area contributed by atoms with Gasteiger partial charge in [0, 0.05) is 23.9 Å². The molecule has 178 valence electrons. The number of phenols is 1. The highest BCUT2D eigenvalue weighted by Crippen LogP contribution is 2.32. The number of hydrogen-bond donors (Lipinski definition) is 5. The van der Waals surface area contributed by atoms with Crippen LogP contribution < -0.4 is 15.8 Å². The first-order valence-electron chi connectivity index (χ1n) is 10.2. The first-order valence-corrected chi connectivity index (χ1v) is 12.1. The molecular formula is C24H25N3O6S. The van der Waals surface area contributed by atoms with Gasteiger partial charge < -0.3 is 26.0 Å². The zero-order chi connectivity index (χ0) is 24.9. The molecule has 0 aliphatic carbocycles. The first-order chi connectivity index (χ1) is 16.1. The molecular weight excluding hydrogens is 458 g/mol. The predicted octanol–water partition coefficient (Wildman–Crippen LogP) is 2.86. The summed E-state index contributed by atoms with van der Waals surface area (Å²) in [6.45, 7) is -0.198. The van der Waals surface area contributed by atoms with E-state index in [4.69, 9.17) is 21.0 Å². The van der Waals surface area contributed by atoms with E-state index in [1.807, 2.05) is 0 Å². The van der Waals surface area contributed by atoms with E-state index >= 15 is 0 Å². The van der Waals surface area contributed by atoms with Crippen LogP contribution in [0.25, 0.3) is 11.1 Å². The highest BCUT2D eigenvalue weighted by molar-refractivity contribution is 7.90. The molecule has 0 atom stereocenters. The number of amidine groups is 1. The predicted molar refractivity (Wildman–Crippen MR) is 129 cm³/mol. The first kappa shape index (κ1) is 24.6. The van der Waals surface area contributed by atoms with Gasteiger partial charge in [-0.25, -0.2) is 13.2 Å². The summed E-state index contributed by atoms with van der Waals surface area (Å²) in [4.78, 5) is 11.2. The largest absolute Gasteiger partial charge is 0.506 e. The molecule has 3 aromatic carbocycles. The fraction of sp³-hybridized carbons (Fsp3) is 0.167. The standard InChI is InChI=1S/C24H25N3O6S/c1-34(31,32)22-5-3-2-4-18(22)16-7-6-15(21(13-16)33-14-23(29)30)10-11-27-19-12-17(24(25)26)8-9-20(19)28/h2-9,12-13,27-28H,10-11,14H2,1H3,(H3,25,26)(H,29,30). The number of carboxylic acid groups (broad SMARTS) is 1. The molecule has 6 N–H and O–H groups in total. The fourth-order valence-corrected chi connectivity index (χ4v) is 4.32. The van der Waals surface area contributed by atoms with Gasteiger partial charge in [0.15, 0.2) is 16.4 Å². The molecule has 34 heavy (non-hydrogen) atoms. The smallest absolute Gasteiger partial charge is 0.341 e. The Morgan fingerprint density at radius 2 is 1.85 bits per heavy atom. The lowest BCUT2D eigenvalue weighted by atomic mass is 10.0. The molecule has 0 aliphatic rings. The maximum atomic E-state index is 12.2. The van der Waals surface area contributed by atoms with E-state index < -0.39 is 22.4 Å². The molecule has 0 aliphatic heterocycles. The van der Waals surface area contributed by atoms with E-state index in [-0.39, 0.29) is 16.5 Å². The van der Waals surface area contributed by atoms with Crippen LogP contribution in [0.2, 0.25) is 0 Å². The van der Waals surface area contributed by atoms with E-state index in [0.717, 1.165) is 6.26 Å². The summed E-state index contributed by atoms with van der Waals surface area (Å²) in [7, 11) is -3.48. The number of hydrogen-bond acceptors (Lipinski definition) is 7. The van der Waals surface area contributed by atoms with Gasteiger partial charge in [-0.15, -0.1) is 0 Å². The number of aliphatic carboxylic acids is 1. The SMILES string of the molecule is CS(=O)(=O)c1ccccc1-c1ccc(CCNc2cc(C(=N)N)ccc2O)c(OCC(=O)O)c1. The number of nitrogens with two attached hydrogens (primary N) is 1. The number of anilines is 1. The number of benzene rings is 3. The molecule has 10 heteroatoms. The Morgan fingerprint density at radius 1 is 1.12 bits per heavy atom. The third-order valence-electron chi connectivity index (χ3n) is 5.03. The minimum atomic E-state index is -3.48. The van der Waals surface area contributed by atoms with Crippen LogP contribution in [-0.4, -0.2) is 49.8 Å². The van der Waals surface area contributed by atoms with Crippen molar-refractivity contribution in [3.63, 3.8) is 0 Å². The van der Waals surface area contributed by atoms with E-state index in [0.29, 0.717) is 46.7 Å². The van der Waals surface area contributed by atoms with Gasteiger partial charge in [-0.05, 0) is 47.9 Å². The van der Waals surface area contributed by atoms with Crippen molar-refractivity contribution < 1.29 is 28.2 Å². The van der Waals surface area contributed by atoms with Gasteiger partial charge in [0.25, 0.3) is 0 Å². The normalized spacial score (nSPS) is 11.1. The molecule has 0 radical (unpaired) electrons. The Hall–Kier alpha value is -4.05. The van der Waals surface area contributed by atoms with Crippen LogP contribution in [0.5, 0.6) is 11.5 Å². The maximum Gasteiger partial charge on any atom is 0.341 e. The number of rotatable bonds is 10. The quantitative estimate of drug-likeness (QED) is 0.167. The molecule has 0 unspecified atom stereocenters. The highest BCUT2D eigenvalue weighted by atomic mass is 32.2. The van der Waals surface area contributed by atoms with Gasteiger partial charge in [0.2, 0.25) is 0 Å². The Kier molecular flexibility index (Phi) is 7.42. The van der Waals surface area contributed by atoms with Crippen molar-refractivity contribution in [2.24, 2.45) is 5.73 Å². The van der Waals surface area contributed by atoms with Gasteiger partial charge in [0.1, 0.15) is 17.3 Å². The molecule has 0 amide bonds. The third kappa shape index (κ3) is 6.04. The second-order valence-electron chi connectivity index (χ2n) is 7.60. The van der Waals surface area contributed by atoms with Crippen molar-refractivity contribution in [1.29, 1.82) is 5.41 Å². The molecule has 0 saturated carbocycles. The van der Waals surface area contributed by atoms with Gasteiger partial charge >= 0.3 is 5.97 Å². The lowest BCUT2D eigenvalue weighted by molar-refractivity contribution is -0.139. The molecule has 0 saturated heterocycles. The molecule has 3 aromatic rings. The maximum absolute atomic E-state index is 12.2. The molecule has 0 bridgehead atoms. The molecule has 0 fully saturated rings. The van der Waals surface area contributed by atoms with Crippen LogP contribution >= 0.6 is 0 Å². The van der Waals surface area contributed by atoms with Crippen molar-refractivity contribution in [3.05, 3.63) is 71.8 Å². The van der Waals surface area contributed by atoms with Crippen LogP contribution in [0.15, 0.2) is 65.6 Å². The van der Waals surface area contributed by atoms with Crippen molar-refractivity contribution in [2.45, 2.75) is 11.3 Å². The number of ether oxygens (including phenoxy) is 1. The number of nitrogens with one attached hydrogen (secondary N) is 2. The Balaban J connectivity index is 1.88. The molecule has 0 heterocycles. The molecule has 0 aromatic heterocycles. The summed E-state index contributed by atoms with van der Waals surface area (Å²) in [6.07, 6.45) is 1.54. The summed E-state index contributed by atoms with van der Waals surface area (Å²) < 4.78 is 29.9. The topological polar surface area (TPSA) is 163 Å². The van der Waals surface area contributed by atoms with Crippen LogP contribution in [0, 0.1) is 5.41 Å². The van der Waals surface area contributed by atoms with Gasteiger partial charge in [-0.3, -0.25) is 5.41 Å². The Labute approximate surface area is 197 Å². The third-order valence-corrected chi connectivity index (χ3v) is 6.19. The Bertz CT molecular complexity index is 1340. The molecule has 3 rings (SSSR count). The van der Waals surface area contributed by atoms with E-state index in [2.05, 4.69) is 5.32 Å². The lowest BCUT2D eigenvalue weighted by Gasteiger charge is -2.15. The zero-order valence-corrected chi connectivity index (χ0v) is 19.2. The van der Waals surface area contributed by atoms with Gasteiger partial charge in [0.05, 0.1) is 10.6 Å². The summed E-state index contributed by atoms with van der Waals surface area (Å²) in [5.41, 5.74) is 8.11. The molecule has 0 spiro atoms. The minimum absolute atomic E-state index is 0.0000746. The number of carboxylic acids is 1. The number of sulfone groups is 1. The number of phenolic OH excluding ortho intramolecular Hbond substituents is 1. The second kappa shape index (κ2) is 10.3. The minimum Gasteiger partial charge on any atom is -0.506 e. The lowest BCUT2D eigenvalue weighted by Crippen LogP contribution is -2.13. The van der Waals surface area contributed by atoms with Crippen LogP contribution in [-0.2, 0) is 21.1 Å². The Morgan fingerprint density at radius 3 is 2.53 bits per heavy atom. The number of carbonyl (C=O) groups is 1. The van der Waals surface area contributed by atoms with Crippen LogP contribution in [0.4, 0.5) is 5.69 Å². The van der Waals surface area contributed by atoms with Crippen molar-refractivity contribution in [1.82, 2.24) is 0 Å². The van der Waals surface area contributed by atoms with E-state index in [9.17, 15) is 18.3 Å². The van der Waals surface area contributed by atoms with Crippen molar-refractivity contribution >= 4 is 27.3 Å². The number of nitrogen functional groups attached to an aromatic ring is 1. The zero-order valence-electron chi connectivity index (χ0n) is 18.4. The van der Waals surface area contributed by atoms with Gasteiger partial charge in [-0.1, -0.05) is 30.3 Å². The summed E-state index contributed by atoms with van der Waals surface area (Å²) in [5.74, 6) is -0.957. The average molecular weight is 484 g/mol. The highest BCUT2D eigenvalue weighted by Gasteiger charge is 2.16. The van der Waals surface area contributed by atoms with Crippen molar-refractivity contribution in [3.8, 4) is 22.6 Å². The monoisotopic (exact) mass is 483 g/mol. The van der Waals surface area contributed by atoms with Crippen molar-refractivity contribution in [2.75, 3.05) is 24.7 Å². The summed E-state index contributed by atoms with van der Waals surface area (Å²) in [5, 5.41) is 29.7.